The van der Waals surface area contributed by atoms with Crippen molar-refractivity contribution in [2.75, 3.05) is 11.9 Å². The third kappa shape index (κ3) is 4.30. The number of anilines is 1. The van der Waals surface area contributed by atoms with Gasteiger partial charge in [0.2, 0.25) is 0 Å². The molecule has 0 atom stereocenters. The maximum Gasteiger partial charge on any atom is 0.320 e. The summed E-state index contributed by atoms with van der Waals surface area (Å²) in [6, 6.07) is 11.8. The lowest BCUT2D eigenvalue weighted by molar-refractivity contribution is 0.176. The van der Waals surface area contributed by atoms with E-state index in [0.717, 1.165) is 41.9 Å². The molecule has 0 spiro atoms. The first-order valence-corrected chi connectivity index (χ1v) is 8.72. The smallest absolute Gasteiger partial charge is 0.320 e. The molecule has 3 N–H and O–H groups in total. The molecule has 0 radical (unpaired) electrons. The molecule has 1 heterocycles. The van der Waals surface area contributed by atoms with E-state index >= 15 is 0 Å². The summed E-state index contributed by atoms with van der Waals surface area (Å²) in [7, 11) is 0. The molecule has 6 heteroatoms. The van der Waals surface area contributed by atoms with Gasteiger partial charge in [0.25, 0.3) is 0 Å². The van der Waals surface area contributed by atoms with Gasteiger partial charge in [0.1, 0.15) is 5.00 Å². The van der Waals surface area contributed by atoms with Gasteiger partial charge >= 0.3 is 6.03 Å². The van der Waals surface area contributed by atoms with E-state index in [2.05, 4.69) is 15.0 Å². The van der Waals surface area contributed by atoms with Crippen molar-refractivity contribution in [1.82, 2.24) is 9.69 Å². The number of urea groups is 1. The summed E-state index contributed by atoms with van der Waals surface area (Å²) in [6.07, 6.45) is 3.80. The third-order valence-corrected chi connectivity index (χ3v) is 4.96. The Kier molecular flexibility index (Phi) is 5.25. The fraction of sp³-hybridized carbons (Fsp3) is 0.412. The number of nitrogens with one attached hydrogen (secondary N) is 2. The first kappa shape index (κ1) is 16.0. The van der Waals surface area contributed by atoms with Crippen molar-refractivity contribution in [3.8, 4) is 11.3 Å². The number of carbonyl (C=O) groups is 1. The SMILES string of the molecule is O=C(Nc1cc(-c2ccccc2)ns1)NC1CCC(CO)CC1. The molecule has 0 saturated heterocycles. The first-order valence-electron chi connectivity index (χ1n) is 7.95. The number of aliphatic hydroxyl groups excluding tert-OH is 1. The van der Waals surface area contributed by atoms with Crippen LogP contribution in [0.15, 0.2) is 36.4 Å². The number of rotatable bonds is 4. The van der Waals surface area contributed by atoms with Gasteiger partial charge in [-0.25, -0.2) is 4.79 Å². The van der Waals surface area contributed by atoms with Crippen molar-refractivity contribution in [3.05, 3.63) is 36.4 Å². The Labute approximate surface area is 139 Å². The predicted molar refractivity (Wildman–Crippen MR) is 92.5 cm³/mol. The minimum absolute atomic E-state index is 0.180. The summed E-state index contributed by atoms with van der Waals surface area (Å²) in [5, 5.41) is 15.8. The van der Waals surface area contributed by atoms with E-state index in [4.69, 9.17) is 5.11 Å². The molecule has 2 amide bonds. The van der Waals surface area contributed by atoms with Crippen LogP contribution in [0.25, 0.3) is 11.3 Å². The van der Waals surface area contributed by atoms with Gasteiger partial charge in [-0.2, -0.15) is 4.37 Å². The Morgan fingerprint density at radius 1 is 1.22 bits per heavy atom. The van der Waals surface area contributed by atoms with Crippen LogP contribution in [0.1, 0.15) is 25.7 Å². The zero-order chi connectivity index (χ0) is 16.1. The molecule has 0 aliphatic heterocycles. The van der Waals surface area contributed by atoms with Crippen molar-refractivity contribution in [2.24, 2.45) is 5.92 Å². The average Bonchev–Trinajstić information content (AvgIpc) is 3.04. The molecule has 0 unspecified atom stereocenters. The van der Waals surface area contributed by atoms with Gasteiger partial charge in [-0.15, -0.1) is 0 Å². The molecule has 1 aromatic heterocycles. The normalized spacial score (nSPS) is 20.9. The van der Waals surface area contributed by atoms with Crippen molar-refractivity contribution >= 4 is 22.6 Å². The number of carbonyl (C=O) groups excluding carboxylic acids is 1. The van der Waals surface area contributed by atoms with E-state index in [0.29, 0.717) is 5.92 Å². The Morgan fingerprint density at radius 2 is 1.96 bits per heavy atom. The third-order valence-electron chi connectivity index (χ3n) is 4.26. The fourth-order valence-corrected chi connectivity index (χ4v) is 3.56. The van der Waals surface area contributed by atoms with Gasteiger partial charge < -0.3 is 10.4 Å². The lowest BCUT2D eigenvalue weighted by Gasteiger charge is -2.27. The van der Waals surface area contributed by atoms with E-state index in [9.17, 15) is 4.79 Å². The van der Waals surface area contributed by atoms with Crippen molar-refractivity contribution in [2.45, 2.75) is 31.7 Å². The lowest BCUT2D eigenvalue weighted by Crippen LogP contribution is -2.40. The summed E-state index contributed by atoms with van der Waals surface area (Å²) < 4.78 is 4.38. The van der Waals surface area contributed by atoms with E-state index in [1.165, 1.54) is 11.5 Å². The second-order valence-corrected chi connectivity index (χ2v) is 6.75. The number of nitrogens with zero attached hydrogens (tertiary/aromatic N) is 1. The molecule has 1 aliphatic rings. The molecule has 1 saturated carbocycles. The van der Waals surface area contributed by atoms with Crippen molar-refractivity contribution in [1.29, 1.82) is 0 Å². The van der Waals surface area contributed by atoms with Gasteiger partial charge in [0.15, 0.2) is 0 Å². The van der Waals surface area contributed by atoms with Crippen LogP contribution in [-0.2, 0) is 0 Å². The van der Waals surface area contributed by atoms with Crippen LogP contribution >= 0.6 is 11.5 Å². The quantitative estimate of drug-likeness (QED) is 0.803. The average molecular weight is 331 g/mol. The Morgan fingerprint density at radius 3 is 2.65 bits per heavy atom. The highest BCUT2D eigenvalue weighted by Gasteiger charge is 2.22. The highest BCUT2D eigenvalue weighted by atomic mass is 32.1. The van der Waals surface area contributed by atoms with Gasteiger partial charge in [-0.05, 0) is 43.1 Å². The second kappa shape index (κ2) is 7.57. The second-order valence-electron chi connectivity index (χ2n) is 5.94. The predicted octanol–water partition coefficient (Wildman–Crippen LogP) is 3.48. The fourth-order valence-electron chi connectivity index (χ4n) is 2.90. The molecule has 2 aromatic rings. The molecule has 5 nitrogen and oxygen atoms in total. The van der Waals surface area contributed by atoms with Crippen molar-refractivity contribution < 1.29 is 9.90 Å². The minimum Gasteiger partial charge on any atom is -0.396 e. The summed E-state index contributed by atoms with van der Waals surface area (Å²) in [5.74, 6) is 0.394. The Balaban J connectivity index is 1.52. The zero-order valence-corrected chi connectivity index (χ0v) is 13.7. The van der Waals surface area contributed by atoms with E-state index in [1.807, 2.05) is 36.4 Å². The lowest BCUT2D eigenvalue weighted by atomic mass is 9.87. The monoisotopic (exact) mass is 331 g/mol. The molecule has 23 heavy (non-hydrogen) atoms. The van der Waals surface area contributed by atoms with Crippen LogP contribution in [0.2, 0.25) is 0 Å². The topological polar surface area (TPSA) is 74.2 Å². The molecule has 3 rings (SSSR count). The van der Waals surface area contributed by atoms with Crippen LogP contribution in [0.4, 0.5) is 9.80 Å². The first-order chi connectivity index (χ1) is 11.2. The zero-order valence-electron chi connectivity index (χ0n) is 12.9. The number of hydrogen-bond donors (Lipinski definition) is 3. The van der Waals surface area contributed by atoms with Gasteiger partial charge in [0.05, 0.1) is 5.69 Å². The van der Waals surface area contributed by atoms with Crippen LogP contribution in [0.5, 0.6) is 0 Å². The number of benzene rings is 1. The standard InChI is InChI=1S/C17H21N3O2S/c21-11-12-6-8-14(9-7-12)18-17(22)19-16-10-15(20-23-16)13-4-2-1-3-5-13/h1-5,10,12,14,21H,6-9,11H2,(H2,18,19,22). The highest BCUT2D eigenvalue weighted by molar-refractivity contribution is 7.10. The maximum absolute atomic E-state index is 12.1. The number of amides is 2. The summed E-state index contributed by atoms with van der Waals surface area (Å²) >= 11 is 1.28. The molecule has 1 aromatic carbocycles. The van der Waals surface area contributed by atoms with Crippen LogP contribution in [0.3, 0.4) is 0 Å². The summed E-state index contributed by atoms with van der Waals surface area (Å²) in [5.41, 5.74) is 1.91. The molecule has 1 aliphatic carbocycles. The van der Waals surface area contributed by atoms with E-state index < -0.39 is 0 Å². The number of aliphatic hydroxyl groups is 1. The van der Waals surface area contributed by atoms with E-state index in [1.54, 1.807) is 0 Å². The van der Waals surface area contributed by atoms with Crippen LogP contribution < -0.4 is 10.6 Å². The van der Waals surface area contributed by atoms with Crippen molar-refractivity contribution in [3.63, 3.8) is 0 Å². The Hall–Kier alpha value is -1.92. The Bertz CT molecular complexity index is 636. The summed E-state index contributed by atoms with van der Waals surface area (Å²) in [6.45, 7) is 0.252. The number of aromatic nitrogens is 1. The van der Waals surface area contributed by atoms with Gasteiger partial charge in [-0.1, -0.05) is 30.3 Å². The van der Waals surface area contributed by atoms with Crippen LogP contribution in [-0.4, -0.2) is 28.2 Å². The molecule has 122 valence electrons. The maximum atomic E-state index is 12.1. The van der Waals surface area contributed by atoms with Gasteiger partial charge in [-0.3, -0.25) is 5.32 Å². The molecular weight excluding hydrogens is 310 g/mol. The highest BCUT2D eigenvalue weighted by Crippen LogP contribution is 2.26. The van der Waals surface area contributed by atoms with Gasteiger partial charge in [0, 0.05) is 24.3 Å². The largest absolute Gasteiger partial charge is 0.396 e. The minimum atomic E-state index is -0.180. The van der Waals surface area contributed by atoms with Crippen LogP contribution in [0, 0.1) is 5.92 Å². The summed E-state index contributed by atoms with van der Waals surface area (Å²) in [4.78, 5) is 12.1. The number of hydrogen-bond acceptors (Lipinski definition) is 4. The molecular formula is C17H21N3O2S. The molecule has 1 fully saturated rings. The van der Waals surface area contributed by atoms with E-state index in [-0.39, 0.29) is 18.7 Å². The molecule has 0 bridgehead atoms.